The van der Waals surface area contributed by atoms with Crippen molar-refractivity contribution in [3.05, 3.63) is 58.3 Å². The Morgan fingerprint density at radius 1 is 1.13 bits per heavy atom. The predicted octanol–water partition coefficient (Wildman–Crippen LogP) is 4.12. The molecule has 2 aromatic rings. The fraction of sp³-hybridized carbons (Fsp3) is 0.125. The molecule has 0 aliphatic rings. The zero-order valence-corrected chi connectivity index (χ0v) is 13.7. The molecule has 0 saturated heterocycles. The highest BCUT2D eigenvalue weighted by molar-refractivity contribution is 6.36. The summed E-state index contributed by atoms with van der Waals surface area (Å²) >= 11 is 11.8. The van der Waals surface area contributed by atoms with Gasteiger partial charge in [0.05, 0.1) is 10.7 Å². The zero-order chi connectivity index (χ0) is 17.0. The molecule has 0 aliphatic carbocycles. The van der Waals surface area contributed by atoms with Gasteiger partial charge in [0.1, 0.15) is 12.4 Å². The van der Waals surface area contributed by atoms with Gasteiger partial charge in [0.25, 0.3) is 0 Å². The molecule has 0 fully saturated rings. The van der Waals surface area contributed by atoms with E-state index in [9.17, 15) is 14.0 Å². The van der Waals surface area contributed by atoms with Gasteiger partial charge in [-0.25, -0.2) is 4.39 Å². The molecule has 0 heterocycles. The molecule has 0 aliphatic heterocycles. The van der Waals surface area contributed by atoms with Gasteiger partial charge < -0.3 is 10.2 Å². The summed E-state index contributed by atoms with van der Waals surface area (Å²) in [4.78, 5) is 25.1. The standard InChI is InChI=1S/C16H13Cl2FN2O2/c1-10(22)21(13-5-3-12(19)4-6-13)9-16(23)20-15-7-2-11(17)8-14(15)18/h2-8H,9H2,1H3,(H,20,23). The molecule has 2 aromatic carbocycles. The van der Waals surface area contributed by atoms with Crippen molar-refractivity contribution in [3.63, 3.8) is 0 Å². The molecule has 0 atom stereocenters. The van der Waals surface area contributed by atoms with Crippen LogP contribution in [0.25, 0.3) is 0 Å². The third kappa shape index (κ3) is 4.68. The third-order valence-corrected chi connectivity index (χ3v) is 3.57. The van der Waals surface area contributed by atoms with E-state index in [0.717, 1.165) is 0 Å². The summed E-state index contributed by atoms with van der Waals surface area (Å²) < 4.78 is 13.0. The first kappa shape index (κ1) is 17.2. The van der Waals surface area contributed by atoms with E-state index in [1.165, 1.54) is 42.2 Å². The average Bonchev–Trinajstić information content (AvgIpc) is 2.48. The first-order chi connectivity index (χ1) is 10.9. The van der Waals surface area contributed by atoms with Crippen LogP contribution in [-0.2, 0) is 9.59 Å². The molecule has 0 unspecified atom stereocenters. The minimum atomic E-state index is -0.436. The molecule has 1 N–H and O–H groups in total. The molecule has 0 aromatic heterocycles. The van der Waals surface area contributed by atoms with E-state index in [0.29, 0.717) is 21.4 Å². The molecule has 120 valence electrons. The normalized spacial score (nSPS) is 10.3. The van der Waals surface area contributed by atoms with Gasteiger partial charge in [0, 0.05) is 17.6 Å². The van der Waals surface area contributed by atoms with Crippen LogP contribution in [-0.4, -0.2) is 18.4 Å². The summed E-state index contributed by atoms with van der Waals surface area (Å²) in [6.07, 6.45) is 0. The molecule has 0 saturated carbocycles. The summed E-state index contributed by atoms with van der Waals surface area (Å²) in [6.45, 7) is 1.10. The Hall–Kier alpha value is -2.11. The number of hydrogen-bond acceptors (Lipinski definition) is 2. The molecular weight excluding hydrogens is 342 g/mol. The van der Waals surface area contributed by atoms with Gasteiger partial charge >= 0.3 is 0 Å². The Morgan fingerprint density at radius 3 is 2.35 bits per heavy atom. The fourth-order valence-electron chi connectivity index (χ4n) is 1.93. The van der Waals surface area contributed by atoms with Gasteiger partial charge in [-0.1, -0.05) is 23.2 Å². The third-order valence-electron chi connectivity index (χ3n) is 3.03. The lowest BCUT2D eigenvalue weighted by molar-refractivity contribution is -0.120. The number of halogens is 3. The smallest absolute Gasteiger partial charge is 0.244 e. The molecule has 2 rings (SSSR count). The molecule has 2 amide bonds. The maximum Gasteiger partial charge on any atom is 0.244 e. The molecule has 4 nitrogen and oxygen atoms in total. The lowest BCUT2D eigenvalue weighted by Gasteiger charge is -2.20. The van der Waals surface area contributed by atoms with Crippen LogP contribution in [0.1, 0.15) is 6.92 Å². The number of carbonyl (C=O) groups excluding carboxylic acids is 2. The van der Waals surface area contributed by atoms with Gasteiger partial charge in [-0.05, 0) is 42.5 Å². The number of hydrogen-bond donors (Lipinski definition) is 1. The molecular formula is C16H13Cl2FN2O2. The summed E-state index contributed by atoms with van der Waals surface area (Å²) in [5.74, 6) is -1.20. The maximum atomic E-state index is 13.0. The number of amides is 2. The first-order valence-electron chi connectivity index (χ1n) is 6.65. The van der Waals surface area contributed by atoms with E-state index >= 15 is 0 Å². The van der Waals surface area contributed by atoms with Crippen LogP contribution in [0.5, 0.6) is 0 Å². The number of rotatable bonds is 4. The highest BCUT2D eigenvalue weighted by Gasteiger charge is 2.16. The lowest BCUT2D eigenvalue weighted by atomic mass is 10.2. The average molecular weight is 355 g/mol. The van der Waals surface area contributed by atoms with Crippen molar-refractivity contribution in [2.24, 2.45) is 0 Å². The van der Waals surface area contributed by atoms with Crippen LogP contribution < -0.4 is 10.2 Å². The Balaban J connectivity index is 2.12. The van der Waals surface area contributed by atoms with Crippen molar-refractivity contribution < 1.29 is 14.0 Å². The topological polar surface area (TPSA) is 49.4 Å². The van der Waals surface area contributed by atoms with Gasteiger partial charge in [-0.3, -0.25) is 9.59 Å². The Labute approximate surface area is 142 Å². The van der Waals surface area contributed by atoms with E-state index in [4.69, 9.17) is 23.2 Å². The Bertz CT molecular complexity index is 735. The summed E-state index contributed by atoms with van der Waals surface area (Å²) in [6, 6.07) is 9.96. The minimum Gasteiger partial charge on any atom is -0.323 e. The van der Waals surface area contributed by atoms with E-state index in [1.807, 2.05) is 0 Å². The van der Waals surface area contributed by atoms with Crippen molar-refractivity contribution in [2.75, 3.05) is 16.8 Å². The van der Waals surface area contributed by atoms with Gasteiger partial charge in [0.15, 0.2) is 0 Å². The Kier molecular flexibility index (Phi) is 5.58. The summed E-state index contributed by atoms with van der Waals surface area (Å²) in [5, 5.41) is 3.35. The number of nitrogens with zero attached hydrogens (tertiary/aromatic N) is 1. The summed E-state index contributed by atoms with van der Waals surface area (Å²) in [7, 11) is 0. The fourth-order valence-corrected chi connectivity index (χ4v) is 2.39. The molecule has 0 radical (unpaired) electrons. The number of benzene rings is 2. The van der Waals surface area contributed by atoms with Crippen molar-refractivity contribution in [3.8, 4) is 0 Å². The van der Waals surface area contributed by atoms with Crippen LogP contribution in [0.3, 0.4) is 0 Å². The van der Waals surface area contributed by atoms with E-state index in [2.05, 4.69) is 5.32 Å². The molecule has 23 heavy (non-hydrogen) atoms. The number of nitrogens with one attached hydrogen (secondary N) is 1. The summed E-state index contributed by atoms with van der Waals surface area (Å²) in [5.41, 5.74) is 0.819. The SMILES string of the molecule is CC(=O)N(CC(=O)Nc1ccc(Cl)cc1Cl)c1ccc(F)cc1. The van der Waals surface area contributed by atoms with Crippen LogP contribution in [0.4, 0.5) is 15.8 Å². The van der Waals surface area contributed by atoms with Crippen molar-refractivity contribution in [1.29, 1.82) is 0 Å². The van der Waals surface area contributed by atoms with E-state index < -0.39 is 11.7 Å². The van der Waals surface area contributed by atoms with Gasteiger partial charge in [-0.15, -0.1) is 0 Å². The number of carbonyl (C=O) groups is 2. The lowest BCUT2D eigenvalue weighted by Crippen LogP contribution is -2.36. The minimum absolute atomic E-state index is 0.222. The van der Waals surface area contributed by atoms with Crippen molar-refractivity contribution in [1.82, 2.24) is 0 Å². The van der Waals surface area contributed by atoms with Gasteiger partial charge in [-0.2, -0.15) is 0 Å². The second-order valence-electron chi connectivity index (χ2n) is 4.75. The second-order valence-corrected chi connectivity index (χ2v) is 5.60. The maximum absolute atomic E-state index is 13.0. The zero-order valence-electron chi connectivity index (χ0n) is 12.1. The van der Waals surface area contributed by atoms with Crippen LogP contribution in [0.2, 0.25) is 10.0 Å². The second kappa shape index (κ2) is 7.44. The van der Waals surface area contributed by atoms with Crippen molar-refractivity contribution >= 4 is 46.4 Å². The van der Waals surface area contributed by atoms with E-state index in [-0.39, 0.29) is 12.5 Å². The number of anilines is 2. The highest BCUT2D eigenvalue weighted by atomic mass is 35.5. The van der Waals surface area contributed by atoms with Crippen LogP contribution in [0.15, 0.2) is 42.5 Å². The van der Waals surface area contributed by atoms with Gasteiger partial charge in [0.2, 0.25) is 11.8 Å². The quantitative estimate of drug-likeness (QED) is 0.897. The van der Waals surface area contributed by atoms with Crippen LogP contribution >= 0.6 is 23.2 Å². The predicted molar refractivity (Wildman–Crippen MR) is 89.5 cm³/mol. The van der Waals surface area contributed by atoms with Crippen molar-refractivity contribution in [2.45, 2.75) is 6.92 Å². The monoisotopic (exact) mass is 354 g/mol. The van der Waals surface area contributed by atoms with E-state index in [1.54, 1.807) is 12.1 Å². The highest BCUT2D eigenvalue weighted by Crippen LogP contribution is 2.25. The largest absolute Gasteiger partial charge is 0.323 e. The Morgan fingerprint density at radius 2 is 1.78 bits per heavy atom. The van der Waals surface area contributed by atoms with Crippen LogP contribution in [0, 0.1) is 5.82 Å². The molecule has 0 spiro atoms. The molecule has 0 bridgehead atoms. The first-order valence-corrected chi connectivity index (χ1v) is 7.41. The molecule has 7 heteroatoms.